The molecule has 4 fully saturated rings. The molecule has 2 saturated heterocycles. The Hall–Kier alpha value is -3.26. The van der Waals surface area contributed by atoms with Crippen LogP contribution in [-0.2, 0) is 5.54 Å². The van der Waals surface area contributed by atoms with Crippen LogP contribution >= 0.6 is 0 Å². The zero-order valence-electron chi connectivity index (χ0n) is 19.2. The van der Waals surface area contributed by atoms with Gasteiger partial charge in [-0.05, 0) is 25.8 Å². The summed E-state index contributed by atoms with van der Waals surface area (Å²) in [6, 6.07) is 3.86. The lowest BCUT2D eigenvalue weighted by Gasteiger charge is -2.60. The van der Waals surface area contributed by atoms with Crippen LogP contribution in [0.4, 0.5) is 19.0 Å². The van der Waals surface area contributed by atoms with E-state index in [1.54, 1.807) is 17.1 Å². The van der Waals surface area contributed by atoms with Gasteiger partial charge in [-0.15, -0.1) is 0 Å². The predicted molar refractivity (Wildman–Crippen MR) is 121 cm³/mol. The second kappa shape index (κ2) is 6.49. The van der Waals surface area contributed by atoms with E-state index in [-0.39, 0.29) is 10.8 Å². The van der Waals surface area contributed by atoms with Crippen molar-refractivity contribution in [2.24, 2.45) is 10.8 Å². The van der Waals surface area contributed by atoms with Gasteiger partial charge in [-0.3, -0.25) is 9.88 Å². The number of likely N-dealkylation sites (tertiary alicyclic amines) is 1. The van der Waals surface area contributed by atoms with Crippen molar-refractivity contribution in [3.8, 4) is 5.82 Å². The number of rotatable bonds is 4. The first-order valence-electron chi connectivity index (χ1n) is 11.8. The average Bonchev–Trinajstić information content (AvgIpc) is 3.62. The van der Waals surface area contributed by atoms with Gasteiger partial charge in [0.2, 0.25) is 0 Å². The third-order valence-corrected chi connectivity index (χ3v) is 8.19. The Labute approximate surface area is 199 Å². The number of nitrogens with zero attached hydrogens (tertiary/aromatic N) is 8. The molecule has 11 heteroatoms. The van der Waals surface area contributed by atoms with E-state index in [9.17, 15) is 13.2 Å². The molecule has 7 rings (SSSR count). The van der Waals surface area contributed by atoms with Crippen LogP contribution in [0, 0.1) is 24.3 Å². The minimum Gasteiger partial charge on any atom is -0.355 e. The number of hydrogen-bond acceptors (Lipinski definition) is 6. The van der Waals surface area contributed by atoms with E-state index in [1.807, 2.05) is 19.1 Å². The number of pyridine rings is 1. The first kappa shape index (κ1) is 21.1. The topological polar surface area (TPSA) is 67.3 Å². The lowest BCUT2D eigenvalue weighted by Crippen LogP contribution is -2.73. The first-order chi connectivity index (χ1) is 16.6. The van der Waals surface area contributed by atoms with Crippen LogP contribution in [0.25, 0.3) is 21.6 Å². The molecule has 2 aliphatic carbocycles. The minimum absolute atomic E-state index is 0.0830. The highest BCUT2D eigenvalue weighted by Gasteiger charge is 2.83. The van der Waals surface area contributed by atoms with E-state index in [0.29, 0.717) is 37.8 Å². The second-order valence-electron chi connectivity index (χ2n) is 10.9. The number of alkyl halides is 3. The number of aromatic nitrogens is 5. The SMILES string of the molecule is [C-]#[N+]C1(c2cc3c(cn2)cnn3-c2cc(N3CC4(CN(CC(F)(F)F)C4)C3)nc(C)n2)CC12CC2. The van der Waals surface area contributed by atoms with Gasteiger partial charge in [0, 0.05) is 55.7 Å². The summed E-state index contributed by atoms with van der Waals surface area (Å²) in [6.07, 6.45) is 2.44. The van der Waals surface area contributed by atoms with Gasteiger partial charge in [-0.25, -0.2) is 21.2 Å². The molecule has 5 heterocycles. The van der Waals surface area contributed by atoms with Gasteiger partial charge in [-0.2, -0.15) is 18.3 Å². The molecular weight excluding hydrogens is 457 g/mol. The molecular formula is C24H23F3N8. The first-order valence-corrected chi connectivity index (χ1v) is 11.8. The fourth-order valence-electron chi connectivity index (χ4n) is 6.29. The van der Waals surface area contributed by atoms with Gasteiger partial charge >= 0.3 is 6.18 Å². The second-order valence-corrected chi connectivity index (χ2v) is 10.9. The third-order valence-electron chi connectivity index (χ3n) is 8.19. The Bertz CT molecular complexity index is 1400. The van der Waals surface area contributed by atoms with Crippen LogP contribution in [0.5, 0.6) is 0 Å². The minimum atomic E-state index is -4.15. The molecule has 2 aliphatic heterocycles. The Morgan fingerprint density at radius 2 is 1.80 bits per heavy atom. The summed E-state index contributed by atoms with van der Waals surface area (Å²) >= 11 is 0. The number of aryl methyl sites for hydroxylation is 1. The quantitative estimate of drug-likeness (QED) is 0.533. The maximum absolute atomic E-state index is 12.6. The standard InChI is InChI=1S/C24H23F3N8/c1-15-31-19(34-12-21(13-34)10-33(11-21)14-24(25,26)27)6-20(32-15)35-17-5-18(29-7-16(17)8-30-35)23(28-2)9-22(23)3-4-22/h5-8H,3-4,9-14H2,1H3. The van der Waals surface area contributed by atoms with E-state index in [2.05, 4.69) is 29.8 Å². The molecule has 1 atom stereocenters. The van der Waals surface area contributed by atoms with E-state index in [0.717, 1.165) is 41.7 Å². The number of halogens is 3. The van der Waals surface area contributed by atoms with Crippen LogP contribution in [0.2, 0.25) is 0 Å². The van der Waals surface area contributed by atoms with Gasteiger partial charge in [0.05, 0.1) is 23.7 Å². The van der Waals surface area contributed by atoms with Crippen LogP contribution in [-0.4, -0.2) is 68.5 Å². The van der Waals surface area contributed by atoms with Gasteiger partial charge in [-0.1, -0.05) is 0 Å². The highest BCUT2D eigenvalue weighted by Crippen LogP contribution is 2.79. The van der Waals surface area contributed by atoms with Crippen LogP contribution in [0.15, 0.2) is 24.5 Å². The van der Waals surface area contributed by atoms with Crippen LogP contribution < -0.4 is 4.90 Å². The van der Waals surface area contributed by atoms with Crippen molar-refractivity contribution in [2.45, 2.75) is 37.9 Å². The summed E-state index contributed by atoms with van der Waals surface area (Å²) in [5.74, 6) is 1.98. The summed E-state index contributed by atoms with van der Waals surface area (Å²) in [5, 5.41) is 5.42. The average molecular weight is 480 g/mol. The van der Waals surface area contributed by atoms with Crippen LogP contribution in [0.3, 0.4) is 0 Å². The Morgan fingerprint density at radius 1 is 1.06 bits per heavy atom. The normalized spacial score (nSPS) is 26.0. The fourth-order valence-corrected chi connectivity index (χ4v) is 6.29. The third kappa shape index (κ3) is 3.08. The fraction of sp³-hybridized carbons (Fsp3) is 0.542. The monoisotopic (exact) mass is 480 g/mol. The van der Waals surface area contributed by atoms with Crippen molar-refractivity contribution in [3.63, 3.8) is 0 Å². The van der Waals surface area contributed by atoms with Crippen molar-refractivity contribution < 1.29 is 13.2 Å². The van der Waals surface area contributed by atoms with Gasteiger partial charge in [0.15, 0.2) is 5.82 Å². The summed E-state index contributed by atoms with van der Waals surface area (Å²) in [6.45, 7) is 11.1. The molecule has 0 radical (unpaired) electrons. The van der Waals surface area contributed by atoms with Crippen molar-refractivity contribution in [1.82, 2.24) is 29.6 Å². The number of fused-ring (bicyclic) bond motifs is 1. The summed E-state index contributed by atoms with van der Waals surface area (Å²) < 4.78 is 39.7. The number of hydrogen-bond donors (Lipinski definition) is 0. The maximum Gasteiger partial charge on any atom is 0.401 e. The molecule has 0 bridgehead atoms. The maximum atomic E-state index is 12.6. The highest BCUT2D eigenvalue weighted by atomic mass is 19.4. The Balaban J connectivity index is 1.15. The lowest BCUT2D eigenvalue weighted by atomic mass is 9.73. The van der Waals surface area contributed by atoms with E-state index in [1.165, 1.54) is 4.90 Å². The molecule has 3 aromatic heterocycles. The smallest absolute Gasteiger partial charge is 0.355 e. The largest absolute Gasteiger partial charge is 0.401 e. The molecule has 4 aliphatic rings. The zero-order valence-corrected chi connectivity index (χ0v) is 19.2. The van der Waals surface area contributed by atoms with Crippen LogP contribution in [0.1, 0.15) is 30.8 Å². The number of anilines is 1. The van der Waals surface area contributed by atoms with E-state index in [4.69, 9.17) is 6.57 Å². The molecule has 1 unspecified atom stereocenters. The van der Waals surface area contributed by atoms with Gasteiger partial charge in [0.25, 0.3) is 5.54 Å². The molecule has 35 heavy (non-hydrogen) atoms. The summed E-state index contributed by atoms with van der Waals surface area (Å²) in [5.41, 5.74) is 1.21. The van der Waals surface area contributed by atoms with Gasteiger partial charge in [0.1, 0.15) is 17.3 Å². The molecule has 180 valence electrons. The Kier molecular flexibility index (Phi) is 3.90. The van der Waals surface area contributed by atoms with E-state index < -0.39 is 18.3 Å². The van der Waals surface area contributed by atoms with Gasteiger partial charge < -0.3 is 9.74 Å². The van der Waals surface area contributed by atoms with Crippen molar-refractivity contribution >= 4 is 16.7 Å². The zero-order chi connectivity index (χ0) is 24.2. The summed E-state index contributed by atoms with van der Waals surface area (Å²) in [4.78, 5) is 21.4. The molecule has 3 aromatic rings. The van der Waals surface area contributed by atoms with E-state index >= 15 is 0 Å². The summed E-state index contributed by atoms with van der Waals surface area (Å²) in [7, 11) is 0. The molecule has 2 spiro atoms. The molecule has 0 amide bonds. The van der Waals surface area contributed by atoms with Crippen molar-refractivity contribution in [3.05, 3.63) is 47.5 Å². The molecule has 0 aromatic carbocycles. The predicted octanol–water partition coefficient (Wildman–Crippen LogP) is 3.50. The van der Waals surface area contributed by atoms with Crippen molar-refractivity contribution in [2.75, 3.05) is 37.6 Å². The Morgan fingerprint density at radius 3 is 2.46 bits per heavy atom. The molecule has 2 saturated carbocycles. The lowest BCUT2D eigenvalue weighted by molar-refractivity contribution is -0.172. The highest BCUT2D eigenvalue weighted by molar-refractivity contribution is 5.80. The van der Waals surface area contributed by atoms with Crippen molar-refractivity contribution in [1.29, 1.82) is 0 Å². The molecule has 8 nitrogen and oxygen atoms in total. The molecule has 0 N–H and O–H groups in total.